The Bertz CT molecular complexity index is 874. The van der Waals surface area contributed by atoms with Gasteiger partial charge in [0.25, 0.3) is 5.91 Å². The summed E-state index contributed by atoms with van der Waals surface area (Å²) in [4.78, 5) is 20.0. The minimum Gasteiger partial charge on any atom is -0.370 e. The first-order valence-corrected chi connectivity index (χ1v) is 9.48. The highest BCUT2D eigenvalue weighted by Gasteiger charge is 2.15. The molecule has 0 aliphatic heterocycles. The summed E-state index contributed by atoms with van der Waals surface area (Å²) in [6.45, 7) is 3.98. The van der Waals surface area contributed by atoms with Crippen LogP contribution in [0.5, 0.6) is 0 Å². The van der Waals surface area contributed by atoms with Gasteiger partial charge in [-0.1, -0.05) is 6.07 Å². The Kier molecular flexibility index (Phi) is 5.15. The lowest BCUT2D eigenvalue weighted by Crippen LogP contribution is -2.26. The standard InChI is InChI=1S/C18H18FN3OS2/c1-11(2)22(3)14-7-6-12(9-13(14)19)21-17(23)16-10-20-18(25-16)15-5-4-8-24-15/h4-11H,1-3H3,(H,21,23). The van der Waals surface area contributed by atoms with E-state index in [0.717, 1.165) is 9.88 Å². The topological polar surface area (TPSA) is 45.2 Å². The van der Waals surface area contributed by atoms with Crippen molar-refractivity contribution < 1.29 is 9.18 Å². The lowest BCUT2D eigenvalue weighted by molar-refractivity contribution is 0.103. The highest BCUT2D eigenvalue weighted by molar-refractivity contribution is 7.22. The maximum absolute atomic E-state index is 14.3. The molecule has 1 amide bonds. The van der Waals surface area contributed by atoms with Crippen molar-refractivity contribution in [3.05, 3.63) is 52.6 Å². The molecule has 3 aromatic rings. The summed E-state index contributed by atoms with van der Waals surface area (Å²) in [5.41, 5.74) is 0.931. The van der Waals surface area contributed by atoms with Crippen molar-refractivity contribution in [3.8, 4) is 9.88 Å². The van der Waals surface area contributed by atoms with E-state index in [1.54, 1.807) is 29.7 Å². The second kappa shape index (κ2) is 7.33. The SMILES string of the molecule is CC(C)N(C)c1ccc(NC(=O)c2cnc(-c3cccs3)s2)cc1F. The molecule has 0 radical (unpaired) electrons. The molecule has 1 N–H and O–H groups in total. The molecular weight excluding hydrogens is 357 g/mol. The van der Waals surface area contributed by atoms with Gasteiger partial charge in [-0.15, -0.1) is 22.7 Å². The van der Waals surface area contributed by atoms with Crippen LogP contribution in [-0.4, -0.2) is 24.0 Å². The smallest absolute Gasteiger partial charge is 0.267 e. The summed E-state index contributed by atoms with van der Waals surface area (Å²) in [5, 5.41) is 5.50. The number of thiazole rings is 1. The molecule has 25 heavy (non-hydrogen) atoms. The van der Waals surface area contributed by atoms with Crippen LogP contribution in [0.2, 0.25) is 0 Å². The zero-order valence-electron chi connectivity index (χ0n) is 14.1. The number of carbonyl (C=O) groups is 1. The number of amides is 1. The number of halogens is 1. The van der Waals surface area contributed by atoms with Gasteiger partial charge in [-0.2, -0.15) is 0 Å². The number of aromatic nitrogens is 1. The van der Waals surface area contributed by atoms with Gasteiger partial charge in [-0.05, 0) is 43.5 Å². The van der Waals surface area contributed by atoms with E-state index in [0.29, 0.717) is 16.3 Å². The van der Waals surface area contributed by atoms with E-state index >= 15 is 0 Å². The van der Waals surface area contributed by atoms with Gasteiger partial charge in [0, 0.05) is 18.8 Å². The van der Waals surface area contributed by atoms with Gasteiger partial charge >= 0.3 is 0 Å². The maximum atomic E-state index is 14.3. The highest BCUT2D eigenvalue weighted by Crippen LogP contribution is 2.29. The van der Waals surface area contributed by atoms with Crippen LogP contribution < -0.4 is 10.2 Å². The van der Waals surface area contributed by atoms with Crippen molar-refractivity contribution in [3.63, 3.8) is 0 Å². The second-order valence-corrected chi connectivity index (χ2v) is 7.81. The highest BCUT2D eigenvalue weighted by atomic mass is 32.1. The normalized spacial score (nSPS) is 10.9. The van der Waals surface area contributed by atoms with Crippen molar-refractivity contribution in [2.45, 2.75) is 19.9 Å². The zero-order chi connectivity index (χ0) is 18.0. The molecule has 0 unspecified atom stereocenters. The fourth-order valence-corrected chi connectivity index (χ4v) is 3.85. The number of benzene rings is 1. The molecule has 130 valence electrons. The number of nitrogens with one attached hydrogen (secondary N) is 1. The lowest BCUT2D eigenvalue weighted by Gasteiger charge is -2.24. The summed E-state index contributed by atoms with van der Waals surface area (Å²) >= 11 is 2.89. The molecule has 0 spiro atoms. The van der Waals surface area contributed by atoms with Gasteiger partial charge in [0.1, 0.15) is 15.7 Å². The summed E-state index contributed by atoms with van der Waals surface area (Å²) in [7, 11) is 1.84. The van der Waals surface area contributed by atoms with Gasteiger partial charge in [0.15, 0.2) is 0 Å². The summed E-state index contributed by atoms with van der Waals surface area (Å²) in [6.07, 6.45) is 1.55. The third kappa shape index (κ3) is 3.88. The number of nitrogens with zero attached hydrogens (tertiary/aromatic N) is 2. The van der Waals surface area contributed by atoms with Gasteiger partial charge in [0.05, 0.1) is 16.8 Å². The van der Waals surface area contributed by atoms with E-state index in [1.165, 1.54) is 17.4 Å². The van der Waals surface area contributed by atoms with Crippen molar-refractivity contribution in [1.29, 1.82) is 0 Å². The van der Waals surface area contributed by atoms with Crippen LogP contribution >= 0.6 is 22.7 Å². The number of hydrogen-bond donors (Lipinski definition) is 1. The van der Waals surface area contributed by atoms with Crippen molar-refractivity contribution in [2.75, 3.05) is 17.3 Å². The van der Waals surface area contributed by atoms with Crippen LogP contribution in [0, 0.1) is 5.82 Å². The largest absolute Gasteiger partial charge is 0.370 e. The molecule has 0 aliphatic carbocycles. The Labute approximate surface area is 154 Å². The number of anilines is 2. The summed E-state index contributed by atoms with van der Waals surface area (Å²) < 4.78 is 14.3. The van der Waals surface area contributed by atoms with Crippen LogP contribution in [0.3, 0.4) is 0 Å². The predicted octanol–water partition coefficient (Wildman–Crippen LogP) is 5.11. The first kappa shape index (κ1) is 17.6. The molecule has 0 saturated carbocycles. The fraction of sp³-hybridized carbons (Fsp3) is 0.222. The minimum atomic E-state index is -0.363. The van der Waals surface area contributed by atoms with Crippen molar-refractivity contribution in [2.24, 2.45) is 0 Å². The maximum Gasteiger partial charge on any atom is 0.267 e. The Balaban J connectivity index is 1.74. The van der Waals surface area contributed by atoms with E-state index in [-0.39, 0.29) is 17.8 Å². The fourth-order valence-electron chi connectivity index (χ4n) is 2.23. The molecule has 0 saturated heterocycles. The van der Waals surface area contributed by atoms with Crippen molar-refractivity contribution in [1.82, 2.24) is 4.98 Å². The number of carbonyl (C=O) groups excluding carboxylic acids is 1. The quantitative estimate of drug-likeness (QED) is 0.674. The molecule has 0 bridgehead atoms. The van der Waals surface area contributed by atoms with Crippen LogP contribution in [0.1, 0.15) is 23.5 Å². The number of hydrogen-bond acceptors (Lipinski definition) is 5. The van der Waals surface area contributed by atoms with Crippen LogP contribution in [0.15, 0.2) is 41.9 Å². The first-order chi connectivity index (χ1) is 12.0. The first-order valence-electron chi connectivity index (χ1n) is 7.79. The molecule has 3 rings (SSSR count). The molecule has 1 aromatic carbocycles. The summed E-state index contributed by atoms with van der Waals surface area (Å²) in [6, 6.07) is 8.81. The van der Waals surface area contributed by atoms with E-state index < -0.39 is 0 Å². The minimum absolute atomic E-state index is 0.183. The lowest BCUT2D eigenvalue weighted by atomic mass is 10.2. The average Bonchev–Trinajstić information content (AvgIpc) is 3.25. The van der Waals surface area contributed by atoms with Crippen LogP contribution in [0.25, 0.3) is 9.88 Å². The average molecular weight is 375 g/mol. The predicted molar refractivity (Wildman–Crippen MR) is 103 cm³/mol. The van der Waals surface area contributed by atoms with Gasteiger partial charge in [0.2, 0.25) is 0 Å². The van der Waals surface area contributed by atoms with E-state index in [4.69, 9.17) is 0 Å². The molecule has 4 nitrogen and oxygen atoms in total. The molecular formula is C18H18FN3OS2. The van der Waals surface area contributed by atoms with Gasteiger partial charge in [-0.3, -0.25) is 4.79 Å². The molecule has 0 aliphatic rings. The zero-order valence-corrected chi connectivity index (χ0v) is 15.7. The Morgan fingerprint density at radius 2 is 2.12 bits per heavy atom. The third-order valence-corrected chi connectivity index (χ3v) is 5.86. The van der Waals surface area contributed by atoms with Gasteiger partial charge in [-0.25, -0.2) is 9.37 Å². The molecule has 2 heterocycles. The van der Waals surface area contributed by atoms with E-state index in [2.05, 4.69) is 10.3 Å². The number of rotatable bonds is 5. The van der Waals surface area contributed by atoms with Crippen LogP contribution in [-0.2, 0) is 0 Å². The third-order valence-electron chi connectivity index (χ3n) is 3.82. The Morgan fingerprint density at radius 3 is 2.76 bits per heavy atom. The monoisotopic (exact) mass is 375 g/mol. The Morgan fingerprint density at radius 1 is 1.32 bits per heavy atom. The molecule has 7 heteroatoms. The summed E-state index contributed by atoms with van der Waals surface area (Å²) in [5.74, 6) is -0.651. The second-order valence-electron chi connectivity index (χ2n) is 5.83. The Hall–Kier alpha value is -2.25. The van der Waals surface area contributed by atoms with E-state index in [9.17, 15) is 9.18 Å². The van der Waals surface area contributed by atoms with E-state index in [1.807, 2.05) is 43.3 Å². The molecule has 2 aromatic heterocycles. The van der Waals surface area contributed by atoms with Crippen LogP contribution in [0.4, 0.5) is 15.8 Å². The van der Waals surface area contributed by atoms with Crippen molar-refractivity contribution >= 4 is 40.0 Å². The molecule has 0 fully saturated rings. The van der Waals surface area contributed by atoms with Gasteiger partial charge < -0.3 is 10.2 Å². The number of thiophene rings is 1. The molecule has 0 atom stereocenters.